The van der Waals surface area contributed by atoms with Crippen molar-refractivity contribution in [3.8, 4) is 0 Å². The van der Waals surface area contributed by atoms with Crippen molar-refractivity contribution < 1.29 is 63.6 Å². The molecule has 0 radical (unpaired) electrons. The maximum Gasteiger partial charge on any atom is 0.339 e. The Bertz CT molecular complexity index is 1530. The van der Waals surface area contributed by atoms with Crippen LogP contribution in [0.25, 0.3) is 6.08 Å². The third-order valence-electron chi connectivity index (χ3n) is 8.27. The van der Waals surface area contributed by atoms with Gasteiger partial charge < -0.3 is 59.9 Å². The summed E-state index contributed by atoms with van der Waals surface area (Å²) in [4.78, 5) is 38.9. The molecule has 1 aliphatic carbocycles. The molecule has 8 atom stereocenters. The number of benzene rings is 2. The molecule has 2 heterocycles. The molecular formula is C34H40N2O13. The third kappa shape index (κ3) is 8.96. The van der Waals surface area contributed by atoms with Crippen molar-refractivity contribution in [3.05, 3.63) is 88.5 Å². The number of aliphatic hydroxyl groups is 5. The number of amides is 2. The second-order valence-electron chi connectivity index (χ2n) is 11.6. The Morgan fingerprint density at radius 2 is 1.76 bits per heavy atom. The Morgan fingerprint density at radius 1 is 0.939 bits per heavy atom. The molecule has 2 fully saturated rings. The number of ether oxygens (including phenoxy) is 5. The highest BCUT2D eigenvalue weighted by Crippen LogP contribution is 2.31. The van der Waals surface area contributed by atoms with Crippen LogP contribution in [0.4, 0.5) is 0 Å². The van der Waals surface area contributed by atoms with Gasteiger partial charge in [-0.2, -0.15) is 0 Å². The molecule has 0 aromatic heterocycles. The normalized spacial score (nSPS) is 28.1. The van der Waals surface area contributed by atoms with Gasteiger partial charge in [0.05, 0.1) is 25.4 Å². The number of carbonyl (C=O) groups is 3. The van der Waals surface area contributed by atoms with Crippen molar-refractivity contribution in [1.29, 1.82) is 0 Å². The first-order valence-electron chi connectivity index (χ1n) is 15.8. The van der Waals surface area contributed by atoms with Gasteiger partial charge in [-0.3, -0.25) is 9.59 Å². The minimum atomic E-state index is -1.57. The van der Waals surface area contributed by atoms with Gasteiger partial charge in [-0.15, -0.1) is 0 Å². The van der Waals surface area contributed by atoms with Crippen molar-refractivity contribution in [1.82, 2.24) is 10.6 Å². The van der Waals surface area contributed by atoms with E-state index in [-0.39, 0.29) is 51.0 Å². The summed E-state index contributed by atoms with van der Waals surface area (Å²) in [6, 6.07) is 13.4. The van der Waals surface area contributed by atoms with E-state index in [4.69, 9.17) is 28.8 Å². The van der Waals surface area contributed by atoms with Crippen molar-refractivity contribution in [2.75, 3.05) is 33.2 Å². The number of fused-ring (bicyclic) bond motifs is 1. The smallest absolute Gasteiger partial charge is 0.339 e. The van der Waals surface area contributed by atoms with Gasteiger partial charge in [0, 0.05) is 30.6 Å². The maximum absolute atomic E-state index is 13.4. The van der Waals surface area contributed by atoms with Crippen LogP contribution in [0, 0.1) is 0 Å². The van der Waals surface area contributed by atoms with Crippen molar-refractivity contribution in [2.45, 2.75) is 62.0 Å². The molecule has 2 aromatic rings. The lowest BCUT2D eigenvalue weighted by Gasteiger charge is -2.39. The van der Waals surface area contributed by atoms with Crippen LogP contribution >= 0.6 is 0 Å². The number of hydrogen-bond acceptors (Lipinski definition) is 13. The number of nitrogens with one attached hydrogen (secondary N) is 2. The highest BCUT2D eigenvalue weighted by atomic mass is 16.7. The molecule has 49 heavy (non-hydrogen) atoms. The number of esters is 1. The van der Waals surface area contributed by atoms with Gasteiger partial charge in [-0.1, -0.05) is 42.5 Å². The largest absolute Gasteiger partial charge is 0.456 e. The monoisotopic (exact) mass is 684 g/mol. The number of carbonyl (C=O) groups excluding carboxylic acids is 3. The van der Waals surface area contributed by atoms with Crippen LogP contribution in [-0.4, -0.2) is 125 Å². The summed E-state index contributed by atoms with van der Waals surface area (Å²) in [5, 5.41) is 53.8. The number of hydrogen-bond donors (Lipinski definition) is 7. The fraction of sp³-hybridized carbons (Fsp3) is 0.441. The number of rotatable bonds is 13. The van der Waals surface area contributed by atoms with E-state index in [2.05, 4.69) is 10.6 Å². The Balaban J connectivity index is 1.19. The molecule has 15 nitrogen and oxygen atoms in total. The molecule has 2 aromatic carbocycles. The van der Waals surface area contributed by atoms with Crippen LogP contribution in [0.15, 0.2) is 66.3 Å². The lowest BCUT2D eigenvalue weighted by atomic mass is 9.91. The average molecular weight is 685 g/mol. The van der Waals surface area contributed by atoms with Crippen LogP contribution in [0.2, 0.25) is 0 Å². The standard InChI is InChI=1S/C34H40N2O13/c37-11-10-35-31(42)21-7-3-5-19(13-21)16-36-32(43)22-14-24-30(47-18-46-24)25(15-22)48-33(44)23-9-2-1-6-20(23)8-4-12-45-34-29(41)28(40)27(39)26(17-38)49-34/h1-9,13-14,24-30,34,37-41H,10-12,15-18H2,(H,35,42)(H,36,43). The summed E-state index contributed by atoms with van der Waals surface area (Å²) < 4.78 is 28.0. The Labute approximate surface area is 281 Å². The molecule has 8 unspecified atom stereocenters. The summed E-state index contributed by atoms with van der Waals surface area (Å²) in [6.45, 7) is -0.644. The van der Waals surface area contributed by atoms with Crippen LogP contribution < -0.4 is 10.6 Å². The molecule has 2 aliphatic heterocycles. The fourth-order valence-corrected chi connectivity index (χ4v) is 5.67. The van der Waals surface area contributed by atoms with Crippen LogP contribution in [0.1, 0.15) is 38.3 Å². The summed E-state index contributed by atoms with van der Waals surface area (Å²) in [5.74, 6) is -1.40. The first-order valence-corrected chi connectivity index (χ1v) is 15.8. The average Bonchev–Trinajstić information content (AvgIpc) is 3.61. The molecule has 5 rings (SSSR count). The van der Waals surface area contributed by atoms with E-state index in [9.17, 15) is 34.8 Å². The molecule has 0 spiro atoms. The minimum absolute atomic E-state index is 0.0340. The molecule has 264 valence electrons. The Kier molecular flexibility index (Phi) is 12.6. The Hall–Kier alpha value is -4.03. The first kappa shape index (κ1) is 36.3. The quantitative estimate of drug-likeness (QED) is 0.128. The van der Waals surface area contributed by atoms with Crippen molar-refractivity contribution >= 4 is 23.9 Å². The zero-order valence-corrected chi connectivity index (χ0v) is 26.4. The first-order chi connectivity index (χ1) is 23.7. The second-order valence-corrected chi connectivity index (χ2v) is 11.6. The van der Waals surface area contributed by atoms with Gasteiger partial charge in [0.2, 0.25) is 5.91 Å². The van der Waals surface area contributed by atoms with Gasteiger partial charge in [-0.25, -0.2) is 4.79 Å². The van der Waals surface area contributed by atoms with Crippen LogP contribution in [-0.2, 0) is 35.0 Å². The van der Waals surface area contributed by atoms with Crippen molar-refractivity contribution in [3.63, 3.8) is 0 Å². The zero-order valence-electron chi connectivity index (χ0n) is 26.4. The Morgan fingerprint density at radius 3 is 2.55 bits per heavy atom. The molecule has 0 bridgehead atoms. The summed E-state index contributed by atoms with van der Waals surface area (Å²) in [6.07, 6.45) is -4.21. The van der Waals surface area contributed by atoms with E-state index in [0.29, 0.717) is 22.3 Å². The van der Waals surface area contributed by atoms with E-state index in [1.165, 1.54) is 0 Å². The van der Waals surface area contributed by atoms with Crippen LogP contribution in [0.5, 0.6) is 0 Å². The van der Waals surface area contributed by atoms with E-state index in [1.807, 2.05) is 0 Å². The fourth-order valence-electron chi connectivity index (χ4n) is 5.67. The molecule has 15 heteroatoms. The molecule has 2 amide bonds. The minimum Gasteiger partial charge on any atom is -0.456 e. The third-order valence-corrected chi connectivity index (χ3v) is 8.27. The van der Waals surface area contributed by atoms with Gasteiger partial charge in [-0.05, 0) is 35.4 Å². The highest BCUT2D eigenvalue weighted by molar-refractivity contribution is 5.96. The maximum atomic E-state index is 13.4. The molecule has 0 saturated carbocycles. The lowest BCUT2D eigenvalue weighted by molar-refractivity contribution is -0.298. The van der Waals surface area contributed by atoms with E-state index >= 15 is 0 Å². The lowest BCUT2D eigenvalue weighted by Crippen LogP contribution is -2.59. The number of aliphatic hydroxyl groups excluding tert-OH is 5. The molecule has 2 saturated heterocycles. The second kappa shape index (κ2) is 17.1. The summed E-state index contributed by atoms with van der Waals surface area (Å²) in [7, 11) is 0. The molecule has 3 aliphatic rings. The van der Waals surface area contributed by atoms with E-state index < -0.39 is 67.5 Å². The van der Waals surface area contributed by atoms with Gasteiger partial charge >= 0.3 is 5.97 Å². The van der Waals surface area contributed by atoms with Crippen molar-refractivity contribution in [2.24, 2.45) is 0 Å². The molecule has 7 N–H and O–H groups in total. The van der Waals surface area contributed by atoms with E-state index in [0.717, 1.165) is 0 Å². The van der Waals surface area contributed by atoms with Crippen LogP contribution in [0.3, 0.4) is 0 Å². The predicted octanol–water partition coefficient (Wildman–Crippen LogP) is -0.848. The zero-order chi connectivity index (χ0) is 34.9. The predicted molar refractivity (Wildman–Crippen MR) is 169 cm³/mol. The topological polar surface area (TPSA) is 223 Å². The summed E-state index contributed by atoms with van der Waals surface area (Å²) >= 11 is 0. The SMILES string of the molecule is O=C(NCc1cccc(C(=O)NCCO)c1)C1=CC2OCOC2C(OC(=O)c2ccccc2C=CCOC2OC(CO)C(O)C(O)C2O)C1. The van der Waals surface area contributed by atoms with Gasteiger partial charge in [0.1, 0.15) is 49.5 Å². The van der Waals surface area contributed by atoms with Gasteiger partial charge in [0.15, 0.2) is 6.29 Å². The summed E-state index contributed by atoms with van der Waals surface area (Å²) in [5.41, 5.74) is 2.14. The molecular weight excluding hydrogens is 644 g/mol. The highest BCUT2D eigenvalue weighted by Gasteiger charge is 2.44. The van der Waals surface area contributed by atoms with Gasteiger partial charge in [0.25, 0.3) is 5.91 Å². The van der Waals surface area contributed by atoms with E-state index in [1.54, 1.807) is 66.8 Å².